The molecule has 4 nitrogen and oxygen atoms in total. The van der Waals surface area contributed by atoms with E-state index in [9.17, 15) is 18.4 Å². The third kappa shape index (κ3) is 2.88. The van der Waals surface area contributed by atoms with Gasteiger partial charge in [0.1, 0.15) is 17.2 Å². The van der Waals surface area contributed by atoms with Crippen molar-refractivity contribution in [1.82, 2.24) is 4.90 Å². The molecular formula is C24H15F2NO3. The summed E-state index contributed by atoms with van der Waals surface area (Å²) in [6.45, 7) is 0.140. The van der Waals surface area contributed by atoms with E-state index in [2.05, 4.69) is 0 Å². The standard InChI is InChI=1S/C24H15F2NO3/c25-16-9-5-14(6-10-16)13-27-21(15-7-11-17(26)12-8-15)20-22(28)18-3-1-2-4-19(18)30-23(20)24(27)29/h1-12,21H,13H2. The lowest BCUT2D eigenvalue weighted by molar-refractivity contribution is 0.0714. The smallest absolute Gasteiger partial charge is 0.291 e. The molecule has 0 saturated heterocycles. The van der Waals surface area contributed by atoms with Crippen molar-refractivity contribution >= 4 is 16.9 Å². The Morgan fingerprint density at radius 2 is 1.47 bits per heavy atom. The van der Waals surface area contributed by atoms with Gasteiger partial charge in [-0.3, -0.25) is 9.59 Å². The Morgan fingerprint density at radius 1 is 0.833 bits per heavy atom. The lowest BCUT2D eigenvalue weighted by Crippen LogP contribution is -2.29. The zero-order valence-corrected chi connectivity index (χ0v) is 15.6. The molecule has 4 aromatic rings. The van der Waals surface area contributed by atoms with Crippen LogP contribution in [0.25, 0.3) is 11.0 Å². The number of nitrogens with zero attached hydrogens (tertiary/aromatic N) is 1. The van der Waals surface area contributed by atoms with Crippen LogP contribution in [0.1, 0.15) is 33.3 Å². The summed E-state index contributed by atoms with van der Waals surface area (Å²) in [6, 6.07) is 17.5. The van der Waals surface area contributed by atoms with E-state index in [1.54, 1.807) is 48.5 Å². The fraction of sp³-hybridized carbons (Fsp3) is 0.0833. The molecule has 1 amide bonds. The maximum Gasteiger partial charge on any atom is 0.291 e. The fourth-order valence-corrected chi connectivity index (χ4v) is 3.91. The van der Waals surface area contributed by atoms with Crippen LogP contribution in [0.4, 0.5) is 8.78 Å². The highest BCUT2D eigenvalue weighted by Gasteiger charge is 2.42. The summed E-state index contributed by atoms with van der Waals surface area (Å²) in [7, 11) is 0. The van der Waals surface area contributed by atoms with Gasteiger partial charge >= 0.3 is 0 Å². The van der Waals surface area contributed by atoms with Crippen LogP contribution in [-0.2, 0) is 6.54 Å². The lowest BCUT2D eigenvalue weighted by Gasteiger charge is -2.25. The van der Waals surface area contributed by atoms with Gasteiger partial charge in [0, 0.05) is 6.54 Å². The molecule has 0 saturated carbocycles. The van der Waals surface area contributed by atoms with Gasteiger partial charge in [-0.1, -0.05) is 36.4 Å². The fourth-order valence-electron chi connectivity index (χ4n) is 3.91. The van der Waals surface area contributed by atoms with E-state index < -0.39 is 17.8 Å². The second-order valence-electron chi connectivity index (χ2n) is 7.18. The average Bonchev–Trinajstić information content (AvgIpc) is 3.03. The number of hydrogen-bond acceptors (Lipinski definition) is 3. The van der Waals surface area contributed by atoms with Crippen molar-refractivity contribution in [2.45, 2.75) is 12.6 Å². The van der Waals surface area contributed by atoms with Crippen molar-refractivity contribution in [1.29, 1.82) is 0 Å². The third-order valence-electron chi connectivity index (χ3n) is 5.33. The number of hydrogen-bond donors (Lipinski definition) is 0. The maximum atomic E-state index is 13.5. The number of rotatable bonds is 3. The van der Waals surface area contributed by atoms with Gasteiger partial charge in [0.15, 0.2) is 5.43 Å². The number of halogens is 2. The van der Waals surface area contributed by atoms with Crippen LogP contribution in [0, 0.1) is 11.6 Å². The number of para-hydroxylation sites is 1. The molecule has 1 atom stereocenters. The molecular weight excluding hydrogens is 388 g/mol. The summed E-state index contributed by atoms with van der Waals surface area (Å²) in [4.78, 5) is 28.1. The Hall–Kier alpha value is -3.80. The zero-order valence-electron chi connectivity index (χ0n) is 15.6. The van der Waals surface area contributed by atoms with Crippen molar-refractivity contribution in [3.8, 4) is 0 Å². The Labute approximate surface area is 170 Å². The highest BCUT2D eigenvalue weighted by Crippen LogP contribution is 2.39. The van der Waals surface area contributed by atoms with Crippen LogP contribution in [0.2, 0.25) is 0 Å². The molecule has 1 aromatic heterocycles. The third-order valence-corrected chi connectivity index (χ3v) is 5.33. The summed E-state index contributed by atoms with van der Waals surface area (Å²) >= 11 is 0. The second-order valence-corrected chi connectivity index (χ2v) is 7.18. The molecule has 0 aliphatic carbocycles. The quantitative estimate of drug-likeness (QED) is 0.493. The van der Waals surface area contributed by atoms with E-state index in [1.165, 1.54) is 29.2 Å². The van der Waals surface area contributed by atoms with Crippen LogP contribution < -0.4 is 5.43 Å². The topological polar surface area (TPSA) is 50.5 Å². The van der Waals surface area contributed by atoms with Crippen molar-refractivity contribution in [2.24, 2.45) is 0 Å². The molecule has 0 fully saturated rings. The summed E-state index contributed by atoms with van der Waals surface area (Å²) in [5, 5.41) is 0.375. The molecule has 30 heavy (non-hydrogen) atoms. The lowest BCUT2D eigenvalue weighted by atomic mass is 9.98. The summed E-state index contributed by atoms with van der Waals surface area (Å²) in [5.41, 5.74) is 1.55. The second kappa shape index (κ2) is 6.91. The van der Waals surface area contributed by atoms with Crippen LogP contribution >= 0.6 is 0 Å². The highest BCUT2D eigenvalue weighted by molar-refractivity contribution is 5.99. The molecule has 6 heteroatoms. The van der Waals surface area contributed by atoms with Gasteiger partial charge in [0.05, 0.1) is 17.0 Å². The maximum absolute atomic E-state index is 13.5. The van der Waals surface area contributed by atoms with Crippen LogP contribution in [0.15, 0.2) is 82.0 Å². The first-order valence-corrected chi connectivity index (χ1v) is 9.39. The Bertz CT molecular complexity index is 1330. The summed E-state index contributed by atoms with van der Waals surface area (Å²) in [5.74, 6) is -1.26. The van der Waals surface area contributed by atoms with E-state index in [4.69, 9.17) is 4.42 Å². The minimum atomic E-state index is -0.737. The van der Waals surface area contributed by atoms with Gasteiger partial charge in [-0.15, -0.1) is 0 Å². The summed E-state index contributed by atoms with van der Waals surface area (Å²) in [6.07, 6.45) is 0. The first-order chi connectivity index (χ1) is 14.5. The molecule has 0 bridgehead atoms. The van der Waals surface area contributed by atoms with Crippen LogP contribution in [-0.4, -0.2) is 10.8 Å². The van der Waals surface area contributed by atoms with Crippen LogP contribution in [0.3, 0.4) is 0 Å². The van der Waals surface area contributed by atoms with E-state index in [-0.39, 0.29) is 29.1 Å². The average molecular weight is 403 g/mol. The molecule has 148 valence electrons. The monoisotopic (exact) mass is 403 g/mol. The van der Waals surface area contributed by atoms with Gasteiger partial charge < -0.3 is 9.32 Å². The van der Waals surface area contributed by atoms with E-state index in [1.807, 2.05) is 0 Å². The molecule has 0 spiro atoms. The predicted octanol–water partition coefficient (Wildman–Crippen LogP) is 4.82. The predicted molar refractivity (Wildman–Crippen MR) is 107 cm³/mol. The van der Waals surface area contributed by atoms with E-state index in [0.29, 0.717) is 22.1 Å². The molecule has 5 rings (SSSR count). The van der Waals surface area contributed by atoms with E-state index >= 15 is 0 Å². The van der Waals surface area contributed by atoms with Gasteiger partial charge in [-0.2, -0.15) is 0 Å². The Morgan fingerprint density at radius 3 is 2.17 bits per heavy atom. The zero-order chi connectivity index (χ0) is 20.8. The molecule has 2 heterocycles. The molecule has 1 unspecified atom stereocenters. The number of fused-ring (bicyclic) bond motifs is 2. The van der Waals surface area contributed by atoms with Crippen molar-refractivity contribution in [2.75, 3.05) is 0 Å². The first-order valence-electron chi connectivity index (χ1n) is 9.39. The number of benzene rings is 3. The summed E-state index contributed by atoms with van der Waals surface area (Å²) < 4.78 is 32.7. The van der Waals surface area contributed by atoms with Crippen LogP contribution in [0.5, 0.6) is 0 Å². The van der Waals surface area contributed by atoms with Gasteiger partial charge in [-0.05, 0) is 47.5 Å². The minimum absolute atomic E-state index is 0.0184. The molecule has 1 aliphatic heterocycles. The number of amides is 1. The van der Waals surface area contributed by atoms with Gasteiger partial charge in [0.25, 0.3) is 5.91 Å². The molecule has 0 radical (unpaired) electrons. The highest BCUT2D eigenvalue weighted by atomic mass is 19.1. The van der Waals surface area contributed by atoms with E-state index in [0.717, 1.165) is 0 Å². The molecule has 1 aliphatic rings. The minimum Gasteiger partial charge on any atom is -0.450 e. The molecule has 0 N–H and O–H groups in total. The van der Waals surface area contributed by atoms with Gasteiger partial charge in [0.2, 0.25) is 5.76 Å². The van der Waals surface area contributed by atoms with Crippen molar-refractivity contribution in [3.05, 3.63) is 117 Å². The van der Waals surface area contributed by atoms with Crippen molar-refractivity contribution < 1.29 is 18.0 Å². The first kappa shape index (κ1) is 18.2. The number of carbonyl (C=O) groups is 1. The Kier molecular flexibility index (Phi) is 4.20. The SMILES string of the molecule is O=C1c2oc3ccccc3c(=O)c2C(c2ccc(F)cc2)N1Cc1ccc(F)cc1. The largest absolute Gasteiger partial charge is 0.450 e. The molecule has 3 aromatic carbocycles. The normalized spacial score (nSPS) is 15.6. The number of carbonyl (C=O) groups excluding carboxylic acids is 1. The van der Waals surface area contributed by atoms with Crippen molar-refractivity contribution in [3.63, 3.8) is 0 Å². The van der Waals surface area contributed by atoms with Gasteiger partial charge in [-0.25, -0.2) is 8.78 Å². The Balaban J connectivity index is 1.71.